The van der Waals surface area contributed by atoms with Crippen molar-refractivity contribution in [1.82, 2.24) is 30.5 Å². The maximum atomic E-state index is 14.2. The Balaban J connectivity index is 0.725. The number of benzene rings is 2. The number of aryl methyl sites for hydroxylation is 2. The summed E-state index contributed by atoms with van der Waals surface area (Å²) in [6.45, 7) is 19.7. The molecule has 0 unspecified atom stereocenters. The molecule has 1 aliphatic heterocycles. The van der Waals surface area contributed by atoms with Gasteiger partial charge in [-0.3, -0.25) is 19.4 Å². The second-order valence-electron chi connectivity index (χ2n) is 19.0. The Hall–Kier alpha value is -5.11. The van der Waals surface area contributed by atoms with Crippen LogP contribution in [-0.4, -0.2) is 147 Å². The van der Waals surface area contributed by atoms with Crippen LogP contribution in [0.1, 0.15) is 76.2 Å². The van der Waals surface area contributed by atoms with Gasteiger partial charge in [-0.2, -0.15) is 0 Å². The number of β-amino-alcohol motifs (C(OH)–C–C–N with tert-alkyl or cyclic N) is 1. The van der Waals surface area contributed by atoms with Crippen LogP contribution in [-0.2, 0) is 49.2 Å². The van der Waals surface area contributed by atoms with E-state index < -0.39 is 23.5 Å². The van der Waals surface area contributed by atoms with E-state index in [1.165, 1.54) is 0 Å². The van der Waals surface area contributed by atoms with Gasteiger partial charge in [-0.1, -0.05) is 63.7 Å². The van der Waals surface area contributed by atoms with Crippen LogP contribution in [0.3, 0.4) is 0 Å². The number of aliphatic hydroxyl groups is 1. The Bertz CT molecular complexity index is 2450. The molecule has 0 bridgehead atoms. The summed E-state index contributed by atoms with van der Waals surface area (Å²) in [6, 6.07) is 16.1. The Labute approximate surface area is 422 Å². The number of Topliss-reactive ketones (excluding diaryl/α,β-unsaturated/α-hetero) is 1. The van der Waals surface area contributed by atoms with Crippen molar-refractivity contribution in [1.29, 1.82) is 0 Å². The third-order valence-corrected chi connectivity index (χ3v) is 13.6. The Morgan fingerprint density at radius 3 is 2.10 bits per heavy atom. The number of aromatic nitrogens is 3. The first kappa shape index (κ1) is 55.2. The van der Waals surface area contributed by atoms with Gasteiger partial charge in [0.25, 0.3) is 0 Å². The SMILES string of the molecule is C=C(N[C@@H](C)c1ccc(-c2scnc2C)cc1)[C@@H]1C[C@@H](O)CN1C(=O)[C@@H](CC(=O)CCOCCOCCOCCOCCOCCOCCNC(=O)CCc1ccc2c(c1)[nH]c1ccncc12)C(C)(C)C. The van der Waals surface area contributed by atoms with Crippen molar-refractivity contribution in [3.63, 3.8) is 0 Å². The topological polar surface area (TPSA) is 196 Å². The Morgan fingerprint density at radius 2 is 1.48 bits per heavy atom. The lowest BCUT2D eigenvalue weighted by Gasteiger charge is -2.36. The van der Waals surface area contributed by atoms with E-state index in [9.17, 15) is 19.5 Å². The summed E-state index contributed by atoms with van der Waals surface area (Å²) >= 11 is 1.62. The highest BCUT2D eigenvalue weighted by atomic mass is 32.1. The van der Waals surface area contributed by atoms with Crippen LogP contribution in [0.2, 0.25) is 0 Å². The molecule has 2 amide bonds. The van der Waals surface area contributed by atoms with Gasteiger partial charge in [0, 0.05) is 90.6 Å². The van der Waals surface area contributed by atoms with Crippen molar-refractivity contribution in [3.8, 4) is 10.4 Å². The van der Waals surface area contributed by atoms with Gasteiger partial charge in [-0.25, -0.2) is 4.98 Å². The number of thiazole rings is 1. The molecule has 0 aliphatic carbocycles. The summed E-state index contributed by atoms with van der Waals surface area (Å²) in [5.41, 5.74) is 8.43. The van der Waals surface area contributed by atoms with Crippen LogP contribution < -0.4 is 10.6 Å². The van der Waals surface area contributed by atoms with Crippen LogP contribution in [0.25, 0.3) is 32.2 Å². The summed E-state index contributed by atoms with van der Waals surface area (Å²) in [5.74, 6) is -0.784. The van der Waals surface area contributed by atoms with E-state index >= 15 is 0 Å². The molecule has 1 saturated heterocycles. The summed E-state index contributed by atoms with van der Waals surface area (Å²) in [5, 5.41) is 19.3. The average Bonchev–Trinajstić information content (AvgIpc) is 4.08. The molecule has 1 fully saturated rings. The van der Waals surface area contributed by atoms with Gasteiger partial charge in [-0.05, 0) is 54.5 Å². The first-order valence-corrected chi connectivity index (χ1v) is 25.7. The van der Waals surface area contributed by atoms with Gasteiger partial charge in [0.1, 0.15) is 5.78 Å². The van der Waals surface area contributed by atoms with Crippen molar-refractivity contribution < 1.29 is 47.9 Å². The number of aliphatic hydroxyl groups excluding tert-OH is 1. The first-order valence-electron chi connectivity index (χ1n) is 24.8. The number of nitrogens with one attached hydrogen (secondary N) is 3. The number of fused-ring (bicyclic) bond motifs is 3. The number of carbonyl (C=O) groups excluding carboxylic acids is 3. The summed E-state index contributed by atoms with van der Waals surface area (Å²) in [7, 11) is 0. The monoisotopic (exact) mass is 999 g/mol. The zero-order valence-corrected chi connectivity index (χ0v) is 43.0. The molecule has 6 rings (SSSR count). The number of hydrogen-bond acceptors (Lipinski definition) is 14. The van der Waals surface area contributed by atoms with Crippen LogP contribution in [0.4, 0.5) is 0 Å². The number of likely N-dealkylation sites (tertiary alicyclic amines) is 1. The van der Waals surface area contributed by atoms with Gasteiger partial charge in [-0.15, -0.1) is 11.3 Å². The predicted molar refractivity (Wildman–Crippen MR) is 276 cm³/mol. The van der Waals surface area contributed by atoms with Crippen molar-refractivity contribution in [2.45, 2.75) is 84.9 Å². The number of H-pyrrole nitrogens is 1. The Morgan fingerprint density at radius 1 is 0.845 bits per heavy atom. The maximum absolute atomic E-state index is 14.2. The third-order valence-electron chi connectivity index (χ3n) is 12.6. The van der Waals surface area contributed by atoms with Crippen molar-refractivity contribution in [3.05, 3.63) is 95.5 Å². The van der Waals surface area contributed by atoms with E-state index in [4.69, 9.17) is 28.4 Å². The molecule has 16 nitrogen and oxygen atoms in total. The lowest BCUT2D eigenvalue weighted by molar-refractivity contribution is -0.142. The average molecular weight is 999 g/mol. The number of ether oxygens (including phenoxy) is 6. The fourth-order valence-corrected chi connectivity index (χ4v) is 9.40. The minimum Gasteiger partial charge on any atom is -0.391 e. The van der Waals surface area contributed by atoms with Gasteiger partial charge in [0.2, 0.25) is 11.8 Å². The highest BCUT2D eigenvalue weighted by molar-refractivity contribution is 7.13. The van der Waals surface area contributed by atoms with Gasteiger partial charge in [0.05, 0.1) is 108 Å². The third kappa shape index (κ3) is 17.3. The number of aromatic amines is 1. The zero-order valence-electron chi connectivity index (χ0n) is 42.2. The van der Waals surface area contributed by atoms with Crippen LogP contribution >= 0.6 is 11.3 Å². The fraction of sp³-hybridized carbons (Fsp3) is 0.537. The van der Waals surface area contributed by atoms with E-state index in [1.807, 2.05) is 45.5 Å². The van der Waals surface area contributed by atoms with Gasteiger partial charge >= 0.3 is 0 Å². The molecule has 4 N–H and O–H groups in total. The summed E-state index contributed by atoms with van der Waals surface area (Å²) in [4.78, 5) is 54.5. The standard InChI is InChI=1S/C54H74N6O10S/c1-37(41-9-11-42(12-10-41)52-39(3)57-36-71-52)58-38(2)50-33-44(62)35-60(50)53(64)47(54(4,5)6)32-43(61)16-19-65-21-23-67-25-27-69-29-30-70-28-26-68-24-22-66-20-18-56-51(63)14-8-40-7-13-45-46-34-55-17-15-48(46)59-49(45)31-40/h7,9-13,15,17,31,34,36-37,44,47,50,58-59,62H,2,8,14,16,18-30,32-33,35H2,1,3-6H3,(H,56,63)/t37-,44+,47+,50-/m0/s1. The second-order valence-corrected chi connectivity index (χ2v) is 19.9. The minimum absolute atomic E-state index is 0.00976. The van der Waals surface area contributed by atoms with Crippen LogP contribution in [0.5, 0.6) is 0 Å². The molecule has 2 aromatic carbocycles. The number of hydrogen-bond donors (Lipinski definition) is 4. The van der Waals surface area contributed by atoms with Crippen LogP contribution in [0.15, 0.2) is 78.7 Å². The van der Waals surface area contributed by atoms with Gasteiger partial charge in [0.15, 0.2) is 0 Å². The molecule has 71 heavy (non-hydrogen) atoms. The molecule has 4 heterocycles. The molecule has 3 aromatic heterocycles. The fourth-order valence-electron chi connectivity index (χ4n) is 8.59. The molecule has 386 valence electrons. The van der Waals surface area contributed by atoms with Crippen LogP contribution in [0, 0.1) is 18.3 Å². The number of ketones is 1. The number of nitrogens with zero attached hydrogens (tertiary/aromatic N) is 3. The number of carbonyl (C=O) groups is 3. The van der Waals surface area contributed by atoms with Gasteiger partial charge < -0.3 is 54.0 Å². The van der Waals surface area contributed by atoms with Crippen molar-refractivity contribution in [2.24, 2.45) is 11.3 Å². The molecule has 4 atom stereocenters. The Kier molecular flexibility index (Phi) is 21.9. The number of rotatable bonds is 32. The normalized spacial score (nSPS) is 15.9. The minimum atomic E-state index is -0.682. The van der Waals surface area contributed by atoms with E-state index in [2.05, 4.69) is 81.6 Å². The van der Waals surface area contributed by atoms with Crippen molar-refractivity contribution in [2.75, 3.05) is 92.4 Å². The quantitative estimate of drug-likeness (QED) is 0.0318. The predicted octanol–water partition coefficient (Wildman–Crippen LogP) is 7.13. The molecule has 1 aliphatic rings. The highest BCUT2D eigenvalue weighted by Gasteiger charge is 2.43. The molecular formula is C54H74N6O10S. The largest absolute Gasteiger partial charge is 0.391 e. The molecule has 0 saturated carbocycles. The molecule has 0 spiro atoms. The van der Waals surface area contributed by atoms with Crippen molar-refractivity contribution >= 4 is 50.7 Å². The highest BCUT2D eigenvalue weighted by Crippen LogP contribution is 2.35. The first-order chi connectivity index (χ1) is 34.3. The zero-order chi connectivity index (χ0) is 50.6. The van der Waals surface area contributed by atoms with E-state index in [0.717, 1.165) is 49.1 Å². The lowest BCUT2D eigenvalue weighted by atomic mass is 9.76. The number of amides is 2. The molecular weight excluding hydrogens is 925 g/mol. The summed E-state index contributed by atoms with van der Waals surface area (Å²) in [6.07, 6.45) is 4.66. The molecule has 17 heteroatoms. The lowest BCUT2D eigenvalue weighted by Crippen LogP contribution is -2.47. The maximum Gasteiger partial charge on any atom is 0.227 e. The molecule has 0 radical (unpaired) electrons. The van der Waals surface area contributed by atoms with E-state index in [0.29, 0.717) is 104 Å². The second kappa shape index (κ2) is 28.2. The van der Waals surface area contributed by atoms with E-state index in [-0.39, 0.29) is 49.6 Å². The van der Waals surface area contributed by atoms with E-state index in [1.54, 1.807) is 22.4 Å². The molecule has 5 aromatic rings. The summed E-state index contributed by atoms with van der Waals surface area (Å²) < 4.78 is 33.5. The smallest absolute Gasteiger partial charge is 0.227 e. The number of pyridine rings is 1.